The summed E-state index contributed by atoms with van der Waals surface area (Å²) >= 11 is 1.41. The highest BCUT2D eigenvalue weighted by Crippen LogP contribution is 2.30. The van der Waals surface area contributed by atoms with E-state index in [1.807, 2.05) is 55.5 Å². The van der Waals surface area contributed by atoms with Gasteiger partial charge >= 0.3 is 0 Å². The van der Waals surface area contributed by atoms with Gasteiger partial charge in [-0.15, -0.1) is 11.3 Å². The molecular weight excluding hydrogens is 346 g/mol. The van der Waals surface area contributed by atoms with E-state index in [0.717, 1.165) is 16.1 Å². The Morgan fingerprint density at radius 3 is 2.62 bits per heavy atom. The van der Waals surface area contributed by atoms with E-state index in [2.05, 4.69) is 15.3 Å². The molecule has 0 aliphatic heterocycles. The fourth-order valence-corrected chi connectivity index (χ4v) is 3.70. The Morgan fingerprint density at radius 1 is 1.08 bits per heavy atom. The third-order valence-electron chi connectivity index (χ3n) is 4.06. The zero-order valence-electron chi connectivity index (χ0n) is 13.9. The average molecular weight is 361 g/mol. The molecule has 0 aliphatic carbocycles. The smallest absolute Gasteiger partial charge is 0.258 e. The number of anilines is 1. The highest BCUT2D eigenvalue weighted by atomic mass is 32.1. The molecule has 2 N–H and O–H groups in total. The van der Waals surface area contributed by atoms with Crippen LogP contribution in [0.3, 0.4) is 0 Å². The van der Waals surface area contributed by atoms with Crippen LogP contribution in [0, 0.1) is 6.92 Å². The SMILES string of the molecule is Cc1sc(NC(=O)c2cc(=O)[nH]c3ccccc23)nc1-c1ccccc1. The monoisotopic (exact) mass is 361 g/mol. The summed E-state index contributed by atoms with van der Waals surface area (Å²) in [5.74, 6) is -0.347. The summed E-state index contributed by atoms with van der Waals surface area (Å²) in [7, 11) is 0. The fourth-order valence-electron chi connectivity index (χ4n) is 2.87. The van der Waals surface area contributed by atoms with Gasteiger partial charge in [-0.1, -0.05) is 48.5 Å². The molecule has 4 aromatic rings. The van der Waals surface area contributed by atoms with Crippen molar-refractivity contribution in [1.29, 1.82) is 0 Å². The van der Waals surface area contributed by atoms with Gasteiger partial charge in [-0.05, 0) is 13.0 Å². The number of benzene rings is 2. The highest BCUT2D eigenvalue weighted by molar-refractivity contribution is 7.16. The molecule has 0 bridgehead atoms. The molecule has 6 heteroatoms. The van der Waals surface area contributed by atoms with Gasteiger partial charge in [0.2, 0.25) is 5.56 Å². The molecule has 128 valence electrons. The number of para-hydroxylation sites is 1. The maximum atomic E-state index is 12.7. The number of hydrogen-bond acceptors (Lipinski definition) is 4. The number of aryl methyl sites for hydroxylation is 1. The molecule has 5 nitrogen and oxygen atoms in total. The molecule has 0 atom stereocenters. The van der Waals surface area contributed by atoms with E-state index >= 15 is 0 Å². The van der Waals surface area contributed by atoms with Crippen molar-refractivity contribution in [2.45, 2.75) is 6.92 Å². The molecule has 0 aliphatic rings. The number of pyridine rings is 1. The minimum absolute atomic E-state index is 0.311. The van der Waals surface area contributed by atoms with E-state index in [0.29, 0.717) is 21.6 Å². The number of carbonyl (C=O) groups is 1. The van der Waals surface area contributed by atoms with Gasteiger partial charge in [-0.25, -0.2) is 4.98 Å². The van der Waals surface area contributed by atoms with Crippen molar-refractivity contribution in [2.24, 2.45) is 0 Å². The summed E-state index contributed by atoms with van der Waals surface area (Å²) in [6.45, 7) is 1.97. The van der Waals surface area contributed by atoms with Crippen LogP contribution in [0.25, 0.3) is 22.2 Å². The van der Waals surface area contributed by atoms with Crippen LogP contribution in [0.1, 0.15) is 15.2 Å². The van der Waals surface area contributed by atoms with Crippen LogP contribution in [0.2, 0.25) is 0 Å². The maximum absolute atomic E-state index is 12.7. The highest BCUT2D eigenvalue weighted by Gasteiger charge is 2.15. The number of aromatic nitrogens is 2. The van der Waals surface area contributed by atoms with Crippen LogP contribution in [0.5, 0.6) is 0 Å². The van der Waals surface area contributed by atoms with E-state index in [-0.39, 0.29) is 11.5 Å². The summed E-state index contributed by atoms with van der Waals surface area (Å²) < 4.78 is 0. The normalized spacial score (nSPS) is 10.8. The summed E-state index contributed by atoms with van der Waals surface area (Å²) in [5, 5.41) is 4.03. The quantitative estimate of drug-likeness (QED) is 0.574. The molecule has 2 aromatic heterocycles. The van der Waals surface area contributed by atoms with Gasteiger partial charge in [-0.2, -0.15) is 0 Å². The van der Waals surface area contributed by atoms with Gasteiger partial charge in [0, 0.05) is 27.4 Å². The topological polar surface area (TPSA) is 74.8 Å². The average Bonchev–Trinajstić information content (AvgIpc) is 3.01. The number of fused-ring (bicyclic) bond motifs is 1. The maximum Gasteiger partial charge on any atom is 0.258 e. The van der Waals surface area contributed by atoms with Crippen molar-refractivity contribution < 1.29 is 4.79 Å². The minimum atomic E-state index is -0.347. The Morgan fingerprint density at radius 2 is 1.81 bits per heavy atom. The van der Waals surface area contributed by atoms with Gasteiger partial charge in [-0.3, -0.25) is 14.9 Å². The zero-order chi connectivity index (χ0) is 18.1. The summed E-state index contributed by atoms with van der Waals surface area (Å²) in [5.41, 5.74) is 2.50. The molecule has 26 heavy (non-hydrogen) atoms. The first-order chi connectivity index (χ1) is 12.6. The largest absolute Gasteiger partial charge is 0.322 e. The van der Waals surface area contributed by atoms with E-state index in [9.17, 15) is 9.59 Å². The Kier molecular flexibility index (Phi) is 4.10. The lowest BCUT2D eigenvalue weighted by Gasteiger charge is -2.05. The van der Waals surface area contributed by atoms with E-state index in [4.69, 9.17) is 0 Å². The molecular formula is C20H15N3O2S. The van der Waals surface area contributed by atoms with Crippen molar-refractivity contribution in [3.8, 4) is 11.3 Å². The predicted octanol–water partition coefficient (Wildman–Crippen LogP) is 4.21. The Balaban J connectivity index is 1.69. The molecule has 4 rings (SSSR count). The summed E-state index contributed by atoms with van der Waals surface area (Å²) in [6.07, 6.45) is 0. The number of rotatable bonds is 3. The van der Waals surface area contributed by atoms with Crippen molar-refractivity contribution in [3.63, 3.8) is 0 Å². The number of amides is 1. The van der Waals surface area contributed by atoms with Crippen LogP contribution in [-0.2, 0) is 0 Å². The summed E-state index contributed by atoms with van der Waals surface area (Å²) in [6, 6.07) is 18.4. The lowest BCUT2D eigenvalue weighted by molar-refractivity contribution is 0.102. The Labute approximate surface area is 153 Å². The van der Waals surface area contributed by atoms with Gasteiger partial charge < -0.3 is 4.98 Å². The molecule has 0 saturated heterocycles. The lowest BCUT2D eigenvalue weighted by Crippen LogP contribution is -2.16. The predicted molar refractivity (Wildman–Crippen MR) is 105 cm³/mol. The number of nitrogens with zero attached hydrogens (tertiary/aromatic N) is 1. The molecule has 0 spiro atoms. The summed E-state index contributed by atoms with van der Waals surface area (Å²) in [4.78, 5) is 32.9. The Hall–Kier alpha value is -3.25. The second kappa shape index (κ2) is 6.57. The van der Waals surface area contributed by atoms with Gasteiger partial charge in [0.05, 0.1) is 11.3 Å². The molecule has 0 unspecified atom stereocenters. The van der Waals surface area contributed by atoms with Crippen LogP contribution in [0.4, 0.5) is 5.13 Å². The zero-order valence-corrected chi connectivity index (χ0v) is 14.8. The van der Waals surface area contributed by atoms with Crippen LogP contribution in [0.15, 0.2) is 65.5 Å². The third kappa shape index (κ3) is 3.02. The number of thiazole rings is 1. The van der Waals surface area contributed by atoms with E-state index < -0.39 is 0 Å². The van der Waals surface area contributed by atoms with Crippen LogP contribution >= 0.6 is 11.3 Å². The molecule has 2 heterocycles. The number of carbonyl (C=O) groups excluding carboxylic acids is 1. The molecule has 0 radical (unpaired) electrons. The van der Waals surface area contributed by atoms with Gasteiger partial charge in [0.25, 0.3) is 5.91 Å². The van der Waals surface area contributed by atoms with Crippen molar-refractivity contribution in [3.05, 3.63) is 81.5 Å². The standard InChI is InChI=1S/C20H15N3O2S/c1-12-18(13-7-3-2-4-8-13)22-20(26-12)23-19(25)15-11-17(24)21-16-10-6-5-9-14(15)16/h2-11H,1H3,(H,21,24)(H,22,23,25). The molecule has 1 amide bonds. The van der Waals surface area contributed by atoms with Gasteiger partial charge in [0.1, 0.15) is 0 Å². The minimum Gasteiger partial charge on any atom is -0.322 e. The van der Waals surface area contributed by atoms with Gasteiger partial charge in [0.15, 0.2) is 5.13 Å². The Bertz CT molecular complexity index is 1160. The van der Waals surface area contributed by atoms with Crippen molar-refractivity contribution >= 4 is 33.3 Å². The second-order valence-electron chi connectivity index (χ2n) is 5.84. The first-order valence-electron chi connectivity index (χ1n) is 8.08. The molecule has 0 saturated carbocycles. The number of hydrogen-bond donors (Lipinski definition) is 2. The lowest BCUT2D eigenvalue weighted by atomic mass is 10.1. The first kappa shape index (κ1) is 16.2. The van der Waals surface area contributed by atoms with E-state index in [1.54, 1.807) is 6.07 Å². The fraction of sp³-hybridized carbons (Fsp3) is 0.0500. The number of aromatic amines is 1. The molecule has 0 fully saturated rings. The first-order valence-corrected chi connectivity index (χ1v) is 8.90. The second-order valence-corrected chi connectivity index (χ2v) is 7.04. The number of nitrogens with one attached hydrogen (secondary N) is 2. The third-order valence-corrected chi connectivity index (χ3v) is 4.95. The van der Waals surface area contributed by atoms with E-state index in [1.165, 1.54) is 17.4 Å². The van der Waals surface area contributed by atoms with Crippen molar-refractivity contribution in [1.82, 2.24) is 9.97 Å². The van der Waals surface area contributed by atoms with Crippen LogP contribution < -0.4 is 10.9 Å². The van der Waals surface area contributed by atoms with Crippen molar-refractivity contribution in [2.75, 3.05) is 5.32 Å². The number of H-pyrrole nitrogens is 1. The molecule has 2 aromatic carbocycles. The van der Waals surface area contributed by atoms with Crippen LogP contribution in [-0.4, -0.2) is 15.9 Å².